The van der Waals surface area contributed by atoms with E-state index in [1.54, 1.807) is 7.11 Å². The second kappa shape index (κ2) is 5.03. The van der Waals surface area contributed by atoms with Crippen molar-refractivity contribution in [3.8, 4) is 11.5 Å². The molecule has 0 aromatic heterocycles. The Bertz CT molecular complexity index is 348. The highest BCUT2D eigenvalue weighted by Gasteiger charge is 2.13. The fourth-order valence-electron chi connectivity index (χ4n) is 1.81. The van der Waals surface area contributed by atoms with E-state index in [1.165, 1.54) is 0 Å². The highest BCUT2D eigenvalue weighted by Crippen LogP contribution is 2.35. The molecule has 3 heteroatoms. The topological polar surface area (TPSA) is 41.5 Å². The van der Waals surface area contributed by atoms with Gasteiger partial charge in [0, 0.05) is 5.56 Å². The fraction of sp³-hybridized carbons (Fsp3) is 0.500. The van der Waals surface area contributed by atoms with Crippen molar-refractivity contribution in [2.45, 2.75) is 20.3 Å². The molecule has 15 heavy (non-hydrogen) atoms. The summed E-state index contributed by atoms with van der Waals surface area (Å²) in [5.74, 6) is 0.872. The summed E-state index contributed by atoms with van der Waals surface area (Å²) in [6.07, 6.45) is 0.810. The van der Waals surface area contributed by atoms with E-state index in [9.17, 15) is 5.11 Å². The van der Waals surface area contributed by atoms with Crippen LogP contribution in [0, 0.1) is 13.8 Å². The van der Waals surface area contributed by atoms with Gasteiger partial charge in [0.15, 0.2) is 11.5 Å². The van der Waals surface area contributed by atoms with Gasteiger partial charge in [0.1, 0.15) is 0 Å². The van der Waals surface area contributed by atoms with Crippen LogP contribution in [0.3, 0.4) is 0 Å². The van der Waals surface area contributed by atoms with Crippen molar-refractivity contribution in [1.82, 2.24) is 5.32 Å². The molecule has 2 N–H and O–H groups in total. The summed E-state index contributed by atoms with van der Waals surface area (Å²) < 4.78 is 5.18. The van der Waals surface area contributed by atoms with E-state index in [-0.39, 0.29) is 5.75 Å². The SMILES string of the molecule is CNCCc1c(C)cc(C)c(OC)c1O. The summed E-state index contributed by atoms with van der Waals surface area (Å²) in [4.78, 5) is 0. The lowest BCUT2D eigenvalue weighted by Crippen LogP contribution is -2.11. The van der Waals surface area contributed by atoms with Gasteiger partial charge in [-0.3, -0.25) is 0 Å². The fourth-order valence-corrected chi connectivity index (χ4v) is 1.81. The molecule has 0 aliphatic heterocycles. The zero-order valence-electron chi connectivity index (χ0n) is 9.85. The number of methoxy groups -OCH3 is 1. The first-order valence-corrected chi connectivity index (χ1v) is 5.12. The summed E-state index contributed by atoms with van der Waals surface area (Å²) in [5.41, 5.74) is 3.05. The molecule has 0 aliphatic carbocycles. The number of aryl methyl sites for hydroxylation is 2. The molecule has 0 atom stereocenters. The number of phenols is 1. The molecule has 1 aromatic carbocycles. The van der Waals surface area contributed by atoms with E-state index >= 15 is 0 Å². The van der Waals surface area contributed by atoms with E-state index in [2.05, 4.69) is 5.32 Å². The number of phenolic OH excluding ortho intramolecular Hbond substituents is 1. The van der Waals surface area contributed by atoms with Crippen LogP contribution in [-0.2, 0) is 6.42 Å². The molecule has 1 aromatic rings. The average Bonchev–Trinajstić information content (AvgIpc) is 2.17. The van der Waals surface area contributed by atoms with E-state index < -0.39 is 0 Å². The van der Waals surface area contributed by atoms with Gasteiger partial charge in [-0.1, -0.05) is 6.07 Å². The molecule has 0 amide bonds. The molecule has 0 fully saturated rings. The first kappa shape index (κ1) is 11.9. The van der Waals surface area contributed by atoms with Crippen LogP contribution in [0.15, 0.2) is 6.07 Å². The van der Waals surface area contributed by atoms with Crippen molar-refractivity contribution in [3.63, 3.8) is 0 Å². The van der Waals surface area contributed by atoms with Gasteiger partial charge in [0.2, 0.25) is 0 Å². The Labute approximate surface area is 91.1 Å². The van der Waals surface area contributed by atoms with Crippen molar-refractivity contribution >= 4 is 0 Å². The molecule has 0 unspecified atom stereocenters. The number of hydrogen-bond acceptors (Lipinski definition) is 3. The third kappa shape index (κ3) is 2.42. The van der Waals surface area contributed by atoms with Crippen LogP contribution in [-0.4, -0.2) is 25.8 Å². The Morgan fingerprint density at radius 3 is 2.53 bits per heavy atom. The maximum absolute atomic E-state index is 10.0. The monoisotopic (exact) mass is 209 g/mol. The van der Waals surface area contributed by atoms with Crippen molar-refractivity contribution in [3.05, 3.63) is 22.8 Å². The predicted molar refractivity (Wildman–Crippen MR) is 61.8 cm³/mol. The Morgan fingerprint density at radius 2 is 2.00 bits per heavy atom. The van der Waals surface area contributed by atoms with Gasteiger partial charge in [-0.15, -0.1) is 0 Å². The van der Waals surface area contributed by atoms with Crippen molar-refractivity contribution in [2.75, 3.05) is 20.7 Å². The molecule has 1 rings (SSSR count). The molecule has 0 saturated carbocycles. The van der Waals surface area contributed by atoms with Gasteiger partial charge in [0.05, 0.1) is 7.11 Å². The van der Waals surface area contributed by atoms with Gasteiger partial charge in [-0.25, -0.2) is 0 Å². The molecule has 0 saturated heterocycles. The van der Waals surface area contributed by atoms with Gasteiger partial charge < -0.3 is 15.2 Å². The number of ether oxygens (including phenoxy) is 1. The molecular weight excluding hydrogens is 190 g/mol. The predicted octanol–water partition coefficient (Wildman–Crippen LogP) is 1.78. The van der Waals surface area contributed by atoms with Crippen LogP contribution in [0.5, 0.6) is 11.5 Å². The normalized spacial score (nSPS) is 10.4. The molecule has 0 bridgehead atoms. The standard InChI is InChI=1S/C12H19NO2/c1-8-7-9(2)12(15-4)11(14)10(8)5-6-13-3/h7,13-14H,5-6H2,1-4H3. The van der Waals surface area contributed by atoms with Crippen LogP contribution in [0.25, 0.3) is 0 Å². The van der Waals surface area contributed by atoms with E-state index in [1.807, 2.05) is 27.0 Å². The number of hydrogen-bond donors (Lipinski definition) is 2. The van der Waals surface area contributed by atoms with Crippen LogP contribution >= 0.6 is 0 Å². The summed E-state index contributed by atoms with van der Waals surface area (Å²) in [6, 6.07) is 2.05. The number of likely N-dealkylation sites (N-methyl/N-ethyl adjacent to an activating group) is 1. The summed E-state index contributed by atoms with van der Waals surface area (Å²) >= 11 is 0. The lowest BCUT2D eigenvalue weighted by Gasteiger charge is -2.14. The third-order valence-corrected chi connectivity index (χ3v) is 2.60. The van der Waals surface area contributed by atoms with Crippen LogP contribution < -0.4 is 10.1 Å². The Kier molecular flexibility index (Phi) is 3.97. The summed E-state index contributed by atoms with van der Waals surface area (Å²) in [5, 5.41) is 13.1. The molecule has 3 nitrogen and oxygen atoms in total. The van der Waals surface area contributed by atoms with Crippen molar-refractivity contribution < 1.29 is 9.84 Å². The van der Waals surface area contributed by atoms with Crippen molar-refractivity contribution in [2.24, 2.45) is 0 Å². The van der Waals surface area contributed by atoms with Crippen LogP contribution in [0.2, 0.25) is 0 Å². The second-order valence-corrected chi connectivity index (χ2v) is 3.72. The molecule has 84 valence electrons. The zero-order valence-corrected chi connectivity index (χ0v) is 9.85. The largest absolute Gasteiger partial charge is 0.504 e. The smallest absolute Gasteiger partial charge is 0.163 e. The Morgan fingerprint density at radius 1 is 1.33 bits per heavy atom. The highest BCUT2D eigenvalue weighted by atomic mass is 16.5. The van der Waals surface area contributed by atoms with Crippen LogP contribution in [0.1, 0.15) is 16.7 Å². The number of rotatable bonds is 4. The quantitative estimate of drug-likeness (QED) is 0.794. The molecule has 0 spiro atoms. The minimum atomic E-state index is 0.283. The molecule has 0 radical (unpaired) electrons. The van der Waals surface area contributed by atoms with Gasteiger partial charge in [0.25, 0.3) is 0 Å². The summed E-state index contributed by atoms with van der Waals surface area (Å²) in [6.45, 7) is 4.80. The van der Waals surface area contributed by atoms with Gasteiger partial charge >= 0.3 is 0 Å². The molecule has 0 heterocycles. The first-order valence-electron chi connectivity index (χ1n) is 5.12. The number of benzene rings is 1. The maximum Gasteiger partial charge on any atom is 0.163 e. The van der Waals surface area contributed by atoms with Crippen molar-refractivity contribution in [1.29, 1.82) is 0 Å². The minimum absolute atomic E-state index is 0.283. The Balaban J connectivity index is 3.14. The van der Waals surface area contributed by atoms with E-state index in [4.69, 9.17) is 4.74 Å². The minimum Gasteiger partial charge on any atom is -0.504 e. The second-order valence-electron chi connectivity index (χ2n) is 3.72. The maximum atomic E-state index is 10.0. The average molecular weight is 209 g/mol. The van der Waals surface area contributed by atoms with Crippen LogP contribution in [0.4, 0.5) is 0 Å². The number of nitrogens with one attached hydrogen (secondary N) is 1. The lowest BCUT2D eigenvalue weighted by molar-refractivity contribution is 0.367. The lowest BCUT2D eigenvalue weighted by atomic mass is 10.0. The van der Waals surface area contributed by atoms with E-state index in [0.29, 0.717) is 5.75 Å². The zero-order chi connectivity index (χ0) is 11.4. The molecule has 0 aliphatic rings. The third-order valence-electron chi connectivity index (χ3n) is 2.60. The number of aromatic hydroxyl groups is 1. The Hall–Kier alpha value is -1.22. The van der Waals surface area contributed by atoms with E-state index in [0.717, 1.165) is 29.7 Å². The molecular formula is C12H19NO2. The highest BCUT2D eigenvalue weighted by molar-refractivity contribution is 5.54. The summed E-state index contributed by atoms with van der Waals surface area (Å²) in [7, 11) is 3.48. The van der Waals surface area contributed by atoms with Gasteiger partial charge in [-0.2, -0.15) is 0 Å². The first-order chi connectivity index (χ1) is 7.11. The van der Waals surface area contributed by atoms with Gasteiger partial charge in [-0.05, 0) is 45.0 Å².